The van der Waals surface area contributed by atoms with Gasteiger partial charge in [-0.15, -0.1) is 0 Å². The van der Waals surface area contributed by atoms with Gasteiger partial charge in [-0.05, 0) is 13.3 Å². The molecule has 0 aromatic heterocycles. The Kier molecular flexibility index (Phi) is 11.6. The third-order valence-electron chi connectivity index (χ3n) is 4.22. The second kappa shape index (κ2) is 12.3. The van der Waals surface area contributed by atoms with E-state index in [2.05, 4.69) is 0 Å². The van der Waals surface area contributed by atoms with Crippen LogP contribution in [0.4, 0.5) is 0 Å². The quantitative estimate of drug-likeness (QED) is 0.110. The van der Waals surface area contributed by atoms with Crippen molar-refractivity contribution < 1.29 is 71.8 Å². The van der Waals surface area contributed by atoms with Crippen LogP contribution < -0.4 is 0 Å². The van der Waals surface area contributed by atoms with E-state index in [0.717, 1.165) is 13.3 Å². The van der Waals surface area contributed by atoms with Crippen LogP contribution in [0.15, 0.2) is 0 Å². The molecule has 0 spiro atoms. The zero-order valence-corrected chi connectivity index (χ0v) is 20.2. The van der Waals surface area contributed by atoms with Gasteiger partial charge in [0.15, 0.2) is 5.79 Å². The van der Waals surface area contributed by atoms with Crippen molar-refractivity contribution in [1.29, 1.82) is 0 Å². The number of aliphatic hydroxyl groups excluding tert-OH is 3. The Morgan fingerprint density at radius 1 is 0.875 bits per heavy atom. The van der Waals surface area contributed by atoms with Crippen molar-refractivity contribution in [3.8, 4) is 0 Å². The zero-order valence-electron chi connectivity index (χ0n) is 17.5. The van der Waals surface area contributed by atoms with Crippen LogP contribution in [0.5, 0.6) is 0 Å². The molecule has 18 heteroatoms. The van der Waals surface area contributed by atoms with Crippen molar-refractivity contribution >= 4 is 22.8 Å². The highest BCUT2D eigenvalue weighted by Crippen LogP contribution is 2.54. The van der Waals surface area contributed by atoms with E-state index < -0.39 is 78.6 Å². The minimum Gasteiger partial charge on any atom is -0.384 e. The lowest BCUT2D eigenvalue weighted by Gasteiger charge is -2.49. The van der Waals surface area contributed by atoms with Gasteiger partial charge in [-0.3, -0.25) is 27.3 Å². The van der Waals surface area contributed by atoms with Crippen molar-refractivity contribution in [3.63, 3.8) is 0 Å². The fraction of sp³-hybridized carbons (Fsp3) is 1.00. The molecule has 32 heavy (non-hydrogen) atoms. The SMILES string of the molecule is CCCCOC[C@H]1O[C@](C)(O)[C@H](OP(=O)(O)CO)[C@@H](OP(=O)(O)CO)[C@@H]1OP(=O)(O)CO. The molecule has 0 bridgehead atoms. The number of aliphatic hydroxyl groups is 4. The van der Waals surface area contributed by atoms with Crippen LogP contribution in [0.3, 0.4) is 0 Å². The third kappa shape index (κ3) is 9.10. The van der Waals surface area contributed by atoms with Gasteiger partial charge in [0.2, 0.25) is 0 Å². The molecule has 0 amide bonds. The van der Waals surface area contributed by atoms with E-state index in [0.29, 0.717) is 6.42 Å². The molecule has 1 rings (SSSR count). The summed E-state index contributed by atoms with van der Waals surface area (Å²) in [5.74, 6) is -2.54. The Morgan fingerprint density at radius 2 is 1.34 bits per heavy atom. The fourth-order valence-corrected chi connectivity index (χ4v) is 4.88. The number of rotatable bonds is 14. The molecule has 1 fully saturated rings. The average molecular weight is 532 g/mol. The summed E-state index contributed by atoms with van der Waals surface area (Å²) in [5.41, 5.74) is 0. The Hall–Kier alpha value is 0.210. The summed E-state index contributed by atoms with van der Waals surface area (Å²) in [7, 11) is -14.5. The molecule has 1 aliphatic rings. The summed E-state index contributed by atoms with van der Waals surface area (Å²) < 4.78 is 61.6. The molecule has 0 aromatic carbocycles. The monoisotopic (exact) mass is 532 g/mol. The molecule has 15 nitrogen and oxygen atoms in total. The second-order valence-electron chi connectivity index (χ2n) is 7.14. The minimum absolute atomic E-state index is 0.207. The summed E-state index contributed by atoms with van der Waals surface area (Å²) >= 11 is 0. The van der Waals surface area contributed by atoms with Gasteiger partial charge in [0.25, 0.3) is 0 Å². The van der Waals surface area contributed by atoms with E-state index in [9.17, 15) is 33.5 Å². The Labute approximate surface area is 184 Å². The first kappa shape index (κ1) is 30.2. The van der Waals surface area contributed by atoms with E-state index >= 15 is 0 Å². The topological polar surface area (TPSA) is 239 Å². The lowest BCUT2D eigenvalue weighted by Crippen LogP contribution is -2.65. The van der Waals surface area contributed by atoms with Gasteiger partial charge in [-0.2, -0.15) is 0 Å². The van der Waals surface area contributed by atoms with E-state index in [4.69, 9.17) is 38.4 Å². The Bertz CT molecular complexity index is 730. The molecule has 192 valence electrons. The summed E-state index contributed by atoms with van der Waals surface area (Å²) in [4.78, 5) is 29.2. The van der Waals surface area contributed by atoms with Crippen LogP contribution in [-0.4, -0.2) is 97.6 Å². The molecule has 1 aliphatic heterocycles. The molecule has 1 heterocycles. The Morgan fingerprint density at radius 3 is 1.81 bits per heavy atom. The molecule has 0 saturated carbocycles. The first-order chi connectivity index (χ1) is 14.6. The van der Waals surface area contributed by atoms with Gasteiger partial charge in [-0.1, -0.05) is 13.3 Å². The molecule has 1 saturated heterocycles. The smallest absolute Gasteiger partial charge is 0.353 e. The summed E-state index contributed by atoms with van der Waals surface area (Å²) in [5, 5.41) is 38.0. The Balaban J connectivity index is 3.45. The van der Waals surface area contributed by atoms with Crippen LogP contribution in [0.2, 0.25) is 0 Å². The van der Waals surface area contributed by atoms with Crippen LogP contribution >= 0.6 is 22.8 Å². The lowest BCUT2D eigenvalue weighted by atomic mass is 9.93. The summed E-state index contributed by atoms with van der Waals surface area (Å²) in [6.45, 7) is 2.63. The van der Waals surface area contributed by atoms with Crippen LogP contribution in [-0.2, 0) is 36.7 Å². The highest BCUT2D eigenvalue weighted by atomic mass is 31.2. The number of hydrogen-bond donors (Lipinski definition) is 7. The maximum absolute atomic E-state index is 12.1. The molecule has 3 unspecified atom stereocenters. The predicted molar refractivity (Wildman–Crippen MR) is 107 cm³/mol. The molecule has 7 N–H and O–H groups in total. The average Bonchev–Trinajstić information content (AvgIpc) is 2.70. The maximum Gasteiger partial charge on any atom is 0.353 e. The summed E-state index contributed by atoms with van der Waals surface area (Å²) in [6.07, 6.45) is -10.4. The molecule has 0 aromatic rings. The maximum atomic E-state index is 12.1. The molecular formula is C14H31O15P3. The highest BCUT2D eigenvalue weighted by molar-refractivity contribution is 7.53. The van der Waals surface area contributed by atoms with Gasteiger partial charge < -0.3 is 44.6 Å². The van der Waals surface area contributed by atoms with Crippen molar-refractivity contribution in [1.82, 2.24) is 0 Å². The molecular weight excluding hydrogens is 501 g/mol. The van der Waals surface area contributed by atoms with E-state index in [1.807, 2.05) is 6.92 Å². The minimum atomic E-state index is -4.86. The fourth-order valence-electron chi connectivity index (χ4n) is 2.76. The van der Waals surface area contributed by atoms with E-state index in [1.165, 1.54) is 0 Å². The molecule has 0 radical (unpaired) electrons. The van der Waals surface area contributed by atoms with Crippen LogP contribution in [0.25, 0.3) is 0 Å². The van der Waals surface area contributed by atoms with Gasteiger partial charge in [-0.25, -0.2) is 0 Å². The number of hydrogen-bond acceptors (Lipinski definition) is 12. The zero-order chi connectivity index (χ0) is 24.8. The number of unbranched alkanes of at least 4 members (excludes halogenated alkanes) is 1. The third-order valence-corrected chi connectivity index (χ3v) is 6.99. The van der Waals surface area contributed by atoms with Gasteiger partial charge in [0.05, 0.1) is 6.61 Å². The van der Waals surface area contributed by atoms with Gasteiger partial charge in [0.1, 0.15) is 43.5 Å². The molecule has 0 aliphatic carbocycles. The first-order valence-corrected chi connectivity index (χ1v) is 14.7. The molecule has 8 atom stereocenters. The standard InChI is InChI=1S/C14H31O15P3/c1-3-4-5-25-6-10-11(27-30(19,20)7-15)12(28-31(21,22)8-16)13(14(2,18)26-10)29-32(23,24)9-17/h10-13,15-18H,3-9H2,1-2H3,(H,19,20)(H,21,22)(H,23,24)/t10-,11-,12+,13-,14+/m1/s1. The van der Waals surface area contributed by atoms with E-state index in [1.54, 1.807) is 0 Å². The van der Waals surface area contributed by atoms with Crippen LogP contribution in [0, 0.1) is 0 Å². The van der Waals surface area contributed by atoms with Crippen molar-refractivity contribution in [2.45, 2.75) is 56.9 Å². The van der Waals surface area contributed by atoms with Crippen molar-refractivity contribution in [2.24, 2.45) is 0 Å². The highest BCUT2D eigenvalue weighted by Gasteiger charge is 2.58. The van der Waals surface area contributed by atoms with Crippen molar-refractivity contribution in [3.05, 3.63) is 0 Å². The first-order valence-electron chi connectivity index (χ1n) is 9.44. The normalized spacial score (nSPS) is 34.4. The van der Waals surface area contributed by atoms with E-state index in [-0.39, 0.29) is 6.61 Å². The van der Waals surface area contributed by atoms with Gasteiger partial charge >= 0.3 is 22.8 Å². The predicted octanol–water partition coefficient (Wildman–Crippen LogP) is -0.528. The van der Waals surface area contributed by atoms with Crippen molar-refractivity contribution in [2.75, 3.05) is 32.3 Å². The lowest BCUT2D eigenvalue weighted by molar-refractivity contribution is -0.332. The summed E-state index contributed by atoms with van der Waals surface area (Å²) in [6, 6.07) is 0. The van der Waals surface area contributed by atoms with Crippen LogP contribution in [0.1, 0.15) is 26.7 Å². The number of ether oxygens (including phenoxy) is 2. The largest absolute Gasteiger partial charge is 0.384 e. The van der Waals surface area contributed by atoms with Gasteiger partial charge in [0, 0.05) is 6.61 Å². The second-order valence-corrected chi connectivity index (χ2v) is 12.4.